The van der Waals surface area contributed by atoms with Gasteiger partial charge in [0.1, 0.15) is 22.9 Å². The summed E-state index contributed by atoms with van der Waals surface area (Å²) in [5.41, 5.74) is 3.99. The zero-order valence-electron chi connectivity index (χ0n) is 21.8. The fourth-order valence-corrected chi connectivity index (χ4v) is 5.19. The molecule has 4 heteroatoms. The highest BCUT2D eigenvalue weighted by Gasteiger charge is 2.34. The van der Waals surface area contributed by atoms with E-state index < -0.39 is 0 Å². The third kappa shape index (κ3) is 6.55. The van der Waals surface area contributed by atoms with E-state index in [-0.39, 0.29) is 5.60 Å². The Balaban J connectivity index is 1.47. The summed E-state index contributed by atoms with van der Waals surface area (Å²) in [6.07, 6.45) is 20.2. The highest BCUT2D eigenvalue weighted by atomic mass is 16.5. The number of hydrogen-bond acceptors (Lipinski definition) is 3. The van der Waals surface area contributed by atoms with E-state index >= 15 is 0 Å². The molecule has 1 aliphatic rings. The van der Waals surface area contributed by atoms with Gasteiger partial charge in [-0.15, -0.1) is 0 Å². The van der Waals surface area contributed by atoms with E-state index in [1.165, 1.54) is 69.2 Å². The van der Waals surface area contributed by atoms with Crippen LogP contribution in [0.4, 0.5) is 0 Å². The quantitative estimate of drug-likeness (QED) is 0.315. The number of aryl methyl sites for hydroxylation is 2. The first-order valence-electron chi connectivity index (χ1n) is 13.4. The van der Waals surface area contributed by atoms with Gasteiger partial charge in [-0.2, -0.15) is 0 Å². The minimum absolute atomic E-state index is 0.188. The number of aromatic hydroxyl groups is 1. The number of nitrogens with zero attached hydrogens (tertiary/aromatic N) is 2. The van der Waals surface area contributed by atoms with Crippen molar-refractivity contribution in [3.05, 3.63) is 40.5 Å². The maximum Gasteiger partial charge on any atom is 0.127 e. The number of rotatable bonds is 13. The number of aromatic nitrogens is 2. The molecule has 0 fully saturated rings. The standard InChI is InChI=1S/C29H46N2O2/c1-6-7-8-9-10-11-12-13-14-15-26-30-19-21-31(26)20-18-29(5)17-16-25-24(4)27(32)22(2)23(3)28(25)33-29/h19,21,32H,6-18,20H2,1-5H3. The molecule has 0 spiro atoms. The summed E-state index contributed by atoms with van der Waals surface area (Å²) in [7, 11) is 0. The Labute approximate surface area is 201 Å². The van der Waals surface area contributed by atoms with E-state index in [0.717, 1.165) is 54.7 Å². The third-order valence-corrected chi connectivity index (χ3v) is 7.78. The largest absolute Gasteiger partial charge is 0.507 e. The first-order valence-corrected chi connectivity index (χ1v) is 13.4. The lowest BCUT2D eigenvalue weighted by atomic mass is 9.85. The van der Waals surface area contributed by atoms with Gasteiger partial charge in [0.05, 0.1) is 0 Å². The number of hydrogen-bond donors (Lipinski definition) is 1. The smallest absolute Gasteiger partial charge is 0.127 e. The fraction of sp³-hybridized carbons (Fsp3) is 0.690. The summed E-state index contributed by atoms with van der Waals surface area (Å²) in [4.78, 5) is 4.65. The molecule has 1 unspecified atom stereocenters. The Morgan fingerprint density at radius 1 is 0.970 bits per heavy atom. The predicted octanol–water partition coefficient (Wildman–Crippen LogP) is 7.76. The maximum atomic E-state index is 10.4. The van der Waals surface area contributed by atoms with Gasteiger partial charge in [0, 0.05) is 37.3 Å². The fourth-order valence-electron chi connectivity index (χ4n) is 5.19. The van der Waals surface area contributed by atoms with Crippen LogP contribution >= 0.6 is 0 Å². The zero-order chi connectivity index (χ0) is 23.8. The Kier molecular flexibility index (Phi) is 9.28. The van der Waals surface area contributed by atoms with Crippen molar-refractivity contribution in [1.82, 2.24) is 9.55 Å². The minimum Gasteiger partial charge on any atom is -0.507 e. The lowest BCUT2D eigenvalue weighted by Gasteiger charge is -2.38. The molecule has 0 saturated carbocycles. The SMILES string of the molecule is CCCCCCCCCCCc1nccn1CCC1(C)CCc2c(C)c(O)c(C)c(C)c2O1. The molecule has 0 amide bonds. The summed E-state index contributed by atoms with van der Waals surface area (Å²) in [6, 6.07) is 0. The number of fused-ring (bicyclic) bond motifs is 1. The maximum absolute atomic E-state index is 10.4. The van der Waals surface area contributed by atoms with Crippen LogP contribution in [0.15, 0.2) is 12.4 Å². The molecule has 2 aromatic rings. The lowest BCUT2D eigenvalue weighted by molar-refractivity contribution is 0.0503. The molecular weight excluding hydrogens is 408 g/mol. The van der Waals surface area contributed by atoms with Crippen LogP contribution in [0.25, 0.3) is 0 Å². The lowest BCUT2D eigenvalue weighted by Crippen LogP contribution is -2.38. The van der Waals surface area contributed by atoms with Gasteiger partial charge in [0.15, 0.2) is 0 Å². The molecule has 0 bridgehead atoms. The molecule has 184 valence electrons. The van der Waals surface area contributed by atoms with Crippen molar-refractivity contribution in [2.75, 3.05) is 0 Å². The van der Waals surface area contributed by atoms with E-state index in [1.807, 2.05) is 20.0 Å². The Hall–Kier alpha value is -1.97. The number of phenolic OH excluding ortho intramolecular Hbond substituents is 1. The van der Waals surface area contributed by atoms with Crippen molar-refractivity contribution >= 4 is 0 Å². The summed E-state index contributed by atoms with van der Waals surface area (Å²) < 4.78 is 8.95. The molecule has 0 radical (unpaired) electrons. The van der Waals surface area contributed by atoms with E-state index in [2.05, 4.69) is 36.5 Å². The van der Waals surface area contributed by atoms with Crippen molar-refractivity contribution in [3.63, 3.8) is 0 Å². The highest BCUT2D eigenvalue weighted by molar-refractivity contribution is 5.58. The molecule has 1 aromatic carbocycles. The van der Waals surface area contributed by atoms with E-state index in [1.54, 1.807) is 0 Å². The van der Waals surface area contributed by atoms with Gasteiger partial charge in [-0.25, -0.2) is 4.98 Å². The average Bonchev–Trinajstić information content (AvgIpc) is 3.26. The second-order valence-corrected chi connectivity index (χ2v) is 10.4. The molecule has 3 rings (SSSR count). The molecule has 1 aliphatic heterocycles. The molecule has 33 heavy (non-hydrogen) atoms. The third-order valence-electron chi connectivity index (χ3n) is 7.78. The molecule has 2 heterocycles. The molecule has 1 aromatic heterocycles. The number of unbranched alkanes of at least 4 members (excludes halogenated alkanes) is 8. The van der Waals surface area contributed by atoms with E-state index in [4.69, 9.17) is 4.74 Å². The topological polar surface area (TPSA) is 47.3 Å². The summed E-state index contributed by atoms with van der Waals surface area (Å²) in [5, 5.41) is 10.4. The van der Waals surface area contributed by atoms with Crippen LogP contribution in [0.2, 0.25) is 0 Å². The Morgan fingerprint density at radius 2 is 1.64 bits per heavy atom. The summed E-state index contributed by atoms with van der Waals surface area (Å²) in [5.74, 6) is 2.64. The van der Waals surface area contributed by atoms with Crippen LogP contribution in [0.5, 0.6) is 11.5 Å². The van der Waals surface area contributed by atoms with Gasteiger partial charge in [-0.3, -0.25) is 0 Å². The number of ether oxygens (including phenoxy) is 1. The van der Waals surface area contributed by atoms with Crippen LogP contribution in [0.3, 0.4) is 0 Å². The second kappa shape index (κ2) is 11.9. The van der Waals surface area contributed by atoms with Gasteiger partial charge in [0.25, 0.3) is 0 Å². The van der Waals surface area contributed by atoms with Crippen LogP contribution in [-0.4, -0.2) is 20.3 Å². The zero-order valence-corrected chi connectivity index (χ0v) is 21.8. The van der Waals surface area contributed by atoms with Gasteiger partial charge < -0.3 is 14.4 Å². The van der Waals surface area contributed by atoms with Gasteiger partial charge in [0.2, 0.25) is 0 Å². The molecule has 0 saturated heterocycles. The van der Waals surface area contributed by atoms with Crippen LogP contribution in [0.1, 0.15) is 113 Å². The first-order chi connectivity index (χ1) is 15.9. The van der Waals surface area contributed by atoms with Gasteiger partial charge in [-0.1, -0.05) is 58.3 Å². The second-order valence-electron chi connectivity index (χ2n) is 10.4. The predicted molar refractivity (Wildman–Crippen MR) is 137 cm³/mol. The van der Waals surface area contributed by atoms with Crippen molar-refractivity contribution in [2.45, 2.75) is 130 Å². The average molecular weight is 455 g/mol. The van der Waals surface area contributed by atoms with Crippen LogP contribution in [-0.2, 0) is 19.4 Å². The number of phenols is 1. The molecule has 1 N–H and O–H groups in total. The van der Waals surface area contributed by atoms with Gasteiger partial charge in [-0.05, 0) is 63.6 Å². The number of imidazole rings is 1. The molecular formula is C29H46N2O2. The Bertz CT molecular complexity index is 902. The highest BCUT2D eigenvalue weighted by Crippen LogP contribution is 2.44. The molecule has 4 nitrogen and oxygen atoms in total. The minimum atomic E-state index is -0.188. The van der Waals surface area contributed by atoms with Crippen molar-refractivity contribution in [1.29, 1.82) is 0 Å². The summed E-state index contributed by atoms with van der Waals surface area (Å²) >= 11 is 0. The van der Waals surface area contributed by atoms with Gasteiger partial charge >= 0.3 is 0 Å². The van der Waals surface area contributed by atoms with Crippen LogP contribution in [0, 0.1) is 20.8 Å². The number of benzene rings is 1. The van der Waals surface area contributed by atoms with Crippen LogP contribution < -0.4 is 4.74 Å². The first kappa shape index (κ1) is 25.6. The Morgan fingerprint density at radius 3 is 2.33 bits per heavy atom. The van der Waals surface area contributed by atoms with Crippen molar-refractivity contribution in [2.24, 2.45) is 0 Å². The molecule has 1 atom stereocenters. The van der Waals surface area contributed by atoms with Crippen molar-refractivity contribution in [3.8, 4) is 11.5 Å². The van der Waals surface area contributed by atoms with E-state index in [9.17, 15) is 5.11 Å². The monoisotopic (exact) mass is 454 g/mol. The van der Waals surface area contributed by atoms with Crippen molar-refractivity contribution < 1.29 is 9.84 Å². The molecule has 0 aliphatic carbocycles. The van der Waals surface area contributed by atoms with E-state index in [0.29, 0.717) is 5.75 Å². The normalized spacial score (nSPS) is 17.7. The summed E-state index contributed by atoms with van der Waals surface area (Å²) in [6.45, 7) is 11.5.